The van der Waals surface area contributed by atoms with Gasteiger partial charge in [-0.2, -0.15) is 0 Å². The van der Waals surface area contributed by atoms with Crippen molar-refractivity contribution < 1.29 is 0 Å². The van der Waals surface area contributed by atoms with E-state index in [1.165, 1.54) is 9.75 Å². The van der Waals surface area contributed by atoms with Crippen molar-refractivity contribution in [2.75, 3.05) is 7.05 Å². The van der Waals surface area contributed by atoms with Gasteiger partial charge < -0.3 is 15.2 Å². The lowest BCUT2D eigenvalue weighted by molar-refractivity contribution is 0.503. The minimum atomic E-state index is 0. The van der Waals surface area contributed by atoms with Gasteiger partial charge in [-0.3, -0.25) is 4.99 Å². The summed E-state index contributed by atoms with van der Waals surface area (Å²) < 4.78 is 2.20. The van der Waals surface area contributed by atoms with Crippen LogP contribution in [0.15, 0.2) is 29.5 Å². The van der Waals surface area contributed by atoms with Gasteiger partial charge in [0.05, 0.1) is 6.54 Å². The Morgan fingerprint density at radius 2 is 2.08 bits per heavy atom. The van der Waals surface area contributed by atoms with E-state index in [0.717, 1.165) is 24.7 Å². The number of halogens is 1. The van der Waals surface area contributed by atoms with Crippen LogP contribution in [0.5, 0.6) is 0 Å². The van der Waals surface area contributed by atoms with Gasteiger partial charge in [0.25, 0.3) is 0 Å². The van der Waals surface area contributed by atoms with Gasteiger partial charge in [-0.15, -0.1) is 35.3 Å². The van der Waals surface area contributed by atoms with Gasteiger partial charge in [0, 0.05) is 48.2 Å². The molecule has 0 saturated heterocycles. The lowest BCUT2D eigenvalue weighted by Gasteiger charge is -2.18. The Kier molecular flexibility index (Phi) is 9.48. The largest absolute Gasteiger partial charge is 0.354 e. The number of aryl methyl sites for hydroxylation is 1. The molecule has 0 aliphatic carbocycles. The number of hydrogen-bond acceptors (Lipinski definition) is 3. The Balaban J connectivity index is 0.00000312. The van der Waals surface area contributed by atoms with Gasteiger partial charge in [-0.1, -0.05) is 13.8 Å². The van der Waals surface area contributed by atoms with Gasteiger partial charge in [0.2, 0.25) is 0 Å². The number of guanidine groups is 1. The summed E-state index contributed by atoms with van der Waals surface area (Å²) >= 11 is 1.86. The second-order valence-corrected chi connectivity index (χ2v) is 7.95. The smallest absolute Gasteiger partial charge is 0.191 e. The maximum absolute atomic E-state index is 4.44. The van der Waals surface area contributed by atoms with Crippen molar-refractivity contribution in [2.24, 2.45) is 10.9 Å². The number of nitrogens with one attached hydrogen (secondary N) is 2. The summed E-state index contributed by atoms with van der Waals surface area (Å²) in [5.41, 5.74) is 0. The van der Waals surface area contributed by atoms with Crippen LogP contribution in [0.25, 0.3) is 0 Å². The monoisotopic (exact) mass is 475 g/mol. The standard InChI is InChI=1S/C18H29N5S.HI/c1-13(2)12-23-9-8-20-17(23)11-21-18(19-5)22-14(3)10-16-7-6-15(4)24-16;/h6-9,13-14H,10-12H2,1-5H3,(H2,19,21,22);1H. The summed E-state index contributed by atoms with van der Waals surface area (Å²) in [7, 11) is 1.80. The molecule has 0 saturated carbocycles. The number of nitrogens with zero attached hydrogens (tertiary/aromatic N) is 3. The van der Waals surface area contributed by atoms with E-state index in [1.54, 1.807) is 7.05 Å². The Labute approximate surface area is 172 Å². The van der Waals surface area contributed by atoms with Gasteiger partial charge in [-0.25, -0.2) is 4.98 Å². The molecule has 0 radical (unpaired) electrons. The van der Waals surface area contributed by atoms with Crippen LogP contribution < -0.4 is 10.6 Å². The molecule has 0 aliphatic rings. The highest BCUT2D eigenvalue weighted by Gasteiger charge is 2.09. The van der Waals surface area contributed by atoms with Gasteiger partial charge in [0.1, 0.15) is 5.82 Å². The van der Waals surface area contributed by atoms with Crippen LogP contribution in [0.2, 0.25) is 0 Å². The van der Waals surface area contributed by atoms with E-state index >= 15 is 0 Å². The number of imidazole rings is 1. The Morgan fingerprint density at radius 1 is 1.32 bits per heavy atom. The molecule has 25 heavy (non-hydrogen) atoms. The van der Waals surface area contributed by atoms with Crippen LogP contribution in [0.4, 0.5) is 0 Å². The molecule has 1 atom stereocenters. The Morgan fingerprint density at radius 3 is 2.68 bits per heavy atom. The van der Waals surface area contributed by atoms with E-state index in [1.807, 2.05) is 23.7 Å². The average Bonchev–Trinajstić information content (AvgIpc) is 3.12. The third-order valence-electron chi connectivity index (χ3n) is 3.69. The fourth-order valence-corrected chi connectivity index (χ4v) is 3.62. The molecule has 5 nitrogen and oxygen atoms in total. The highest BCUT2D eigenvalue weighted by molar-refractivity contribution is 14.0. The van der Waals surface area contributed by atoms with Crippen LogP contribution >= 0.6 is 35.3 Å². The molecule has 2 aromatic rings. The third-order valence-corrected chi connectivity index (χ3v) is 4.71. The number of aliphatic imine (C=N–C) groups is 1. The lowest BCUT2D eigenvalue weighted by Crippen LogP contribution is -2.43. The molecule has 0 fully saturated rings. The van der Waals surface area contributed by atoms with Crippen molar-refractivity contribution in [3.8, 4) is 0 Å². The predicted molar refractivity (Wildman–Crippen MR) is 118 cm³/mol. The minimum Gasteiger partial charge on any atom is -0.354 e. The zero-order valence-electron chi connectivity index (χ0n) is 15.7. The highest BCUT2D eigenvalue weighted by Crippen LogP contribution is 2.16. The van der Waals surface area contributed by atoms with Crippen LogP contribution in [0, 0.1) is 12.8 Å². The number of aromatic nitrogens is 2. The minimum absolute atomic E-state index is 0. The summed E-state index contributed by atoms with van der Waals surface area (Å²) in [6.07, 6.45) is 4.90. The molecular formula is C18H30IN5S. The van der Waals surface area contributed by atoms with Crippen molar-refractivity contribution in [3.63, 3.8) is 0 Å². The first-order chi connectivity index (χ1) is 11.5. The molecule has 0 aliphatic heterocycles. The van der Waals surface area contributed by atoms with E-state index in [2.05, 4.69) is 65.0 Å². The summed E-state index contributed by atoms with van der Waals surface area (Å²) in [4.78, 5) is 11.5. The quantitative estimate of drug-likeness (QED) is 0.364. The topological polar surface area (TPSA) is 54.2 Å². The summed E-state index contributed by atoms with van der Waals surface area (Å²) in [6.45, 7) is 10.4. The van der Waals surface area contributed by atoms with Gasteiger partial charge >= 0.3 is 0 Å². The molecule has 7 heteroatoms. The molecule has 1 unspecified atom stereocenters. The molecule has 2 aromatic heterocycles. The normalized spacial score (nSPS) is 12.8. The molecular weight excluding hydrogens is 445 g/mol. The maximum atomic E-state index is 4.44. The first-order valence-corrected chi connectivity index (χ1v) is 9.32. The van der Waals surface area contributed by atoms with Crippen LogP contribution in [0.1, 0.15) is 36.3 Å². The fraction of sp³-hybridized carbons (Fsp3) is 0.556. The first kappa shape index (κ1) is 22.0. The zero-order valence-corrected chi connectivity index (χ0v) is 18.9. The molecule has 140 valence electrons. The second-order valence-electron chi connectivity index (χ2n) is 6.58. The highest BCUT2D eigenvalue weighted by atomic mass is 127. The number of rotatable bonds is 7. The van der Waals surface area contributed by atoms with E-state index < -0.39 is 0 Å². The van der Waals surface area contributed by atoms with Crippen LogP contribution in [-0.4, -0.2) is 28.6 Å². The van der Waals surface area contributed by atoms with Gasteiger partial charge in [-0.05, 0) is 31.9 Å². The molecule has 2 rings (SSSR count). The molecule has 0 bridgehead atoms. The van der Waals surface area contributed by atoms with Gasteiger partial charge in [0.15, 0.2) is 5.96 Å². The Hall–Kier alpha value is -1.09. The number of hydrogen-bond donors (Lipinski definition) is 2. The van der Waals surface area contributed by atoms with E-state index in [-0.39, 0.29) is 24.0 Å². The fourth-order valence-electron chi connectivity index (χ4n) is 2.61. The van der Waals surface area contributed by atoms with E-state index in [0.29, 0.717) is 18.5 Å². The summed E-state index contributed by atoms with van der Waals surface area (Å²) in [5.74, 6) is 2.45. The number of thiophene rings is 1. The average molecular weight is 475 g/mol. The molecule has 0 spiro atoms. The van der Waals surface area contributed by atoms with Crippen molar-refractivity contribution >= 4 is 41.3 Å². The SMILES string of the molecule is CN=C(NCc1nccn1CC(C)C)NC(C)Cc1ccc(C)s1.I. The van der Waals surface area contributed by atoms with E-state index in [4.69, 9.17) is 0 Å². The predicted octanol–water partition coefficient (Wildman–Crippen LogP) is 3.82. The zero-order chi connectivity index (χ0) is 17.5. The molecule has 0 aromatic carbocycles. The second kappa shape index (κ2) is 10.8. The lowest BCUT2D eigenvalue weighted by atomic mass is 10.2. The molecule has 2 N–H and O–H groups in total. The van der Waals surface area contributed by atoms with Crippen LogP contribution in [0.3, 0.4) is 0 Å². The summed E-state index contributed by atoms with van der Waals surface area (Å²) in [5, 5.41) is 6.82. The van der Waals surface area contributed by atoms with Crippen molar-refractivity contribution in [1.82, 2.24) is 20.2 Å². The molecule has 0 amide bonds. The maximum Gasteiger partial charge on any atom is 0.191 e. The van der Waals surface area contributed by atoms with Crippen LogP contribution in [-0.2, 0) is 19.5 Å². The van der Waals surface area contributed by atoms with Crippen molar-refractivity contribution in [1.29, 1.82) is 0 Å². The Bertz CT molecular complexity index is 662. The van der Waals surface area contributed by atoms with E-state index in [9.17, 15) is 0 Å². The third kappa shape index (κ3) is 7.35. The molecule has 2 heterocycles. The van der Waals surface area contributed by atoms with Crippen molar-refractivity contribution in [2.45, 2.75) is 53.2 Å². The summed E-state index contributed by atoms with van der Waals surface area (Å²) in [6, 6.07) is 4.70. The van der Waals surface area contributed by atoms with Crippen molar-refractivity contribution in [3.05, 3.63) is 40.1 Å². The first-order valence-electron chi connectivity index (χ1n) is 8.50.